The van der Waals surface area contributed by atoms with Gasteiger partial charge in [-0.3, -0.25) is 4.99 Å². The first-order valence-corrected chi connectivity index (χ1v) is 4.11. The van der Waals surface area contributed by atoms with Crippen molar-refractivity contribution in [2.45, 2.75) is 34.6 Å². The smallest absolute Gasteiger partial charge is 0.0398 e. The summed E-state index contributed by atoms with van der Waals surface area (Å²) in [5, 5.41) is 0. The number of nitrogens with zero attached hydrogens (tertiary/aromatic N) is 1. The van der Waals surface area contributed by atoms with Crippen molar-refractivity contribution in [3.05, 3.63) is 11.1 Å². The van der Waals surface area contributed by atoms with E-state index in [0.717, 1.165) is 0 Å². The van der Waals surface area contributed by atoms with E-state index in [2.05, 4.69) is 39.6 Å². The second kappa shape index (κ2) is 4.32. The third kappa shape index (κ3) is 2.87. The van der Waals surface area contributed by atoms with E-state index in [1.54, 1.807) is 0 Å². The fraction of sp³-hybridized carbons (Fsp3) is 0.700. The average Bonchev–Trinajstić information content (AvgIpc) is 1.88. The van der Waals surface area contributed by atoms with E-state index in [-0.39, 0.29) is 0 Å². The van der Waals surface area contributed by atoms with Crippen LogP contribution in [-0.2, 0) is 0 Å². The topological polar surface area (TPSA) is 12.4 Å². The van der Waals surface area contributed by atoms with E-state index in [4.69, 9.17) is 0 Å². The predicted molar refractivity (Wildman–Crippen MR) is 52.2 cm³/mol. The van der Waals surface area contributed by atoms with Gasteiger partial charge in [-0.1, -0.05) is 19.4 Å². The molecule has 0 fully saturated rings. The fourth-order valence-electron chi connectivity index (χ4n) is 1.12. The van der Waals surface area contributed by atoms with E-state index in [1.807, 2.05) is 7.05 Å². The quantitative estimate of drug-likeness (QED) is 0.541. The molecule has 0 amide bonds. The maximum atomic E-state index is 4.27. The Morgan fingerprint density at radius 1 is 1.09 bits per heavy atom. The van der Waals surface area contributed by atoms with E-state index in [0.29, 0.717) is 5.92 Å². The van der Waals surface area contributed by atoms with Crippen molar-refractivity contribution >= 4 is 5.71 Å². The van der Waals surface area contributed by atoms with Crippen LogP contribution in [0.15, 0.2) is 16.1 Å². The number of aliphatic imine (C=N–C) groups is 1. The summed E-state index contributed by atoms with van der Waals surface area (Å²) >= 11 is 0. The maximum absolute atomic E-state index is 4.27. The minimum Gasteiger partial charge on any atom is -0.293 e. The second-order valence-electron chi connectivity index (χ2n) is 3.39. The molecular weight excluding hydrogens is 134 g/mol. The van der Waals surface area contributed by atoms with Crippen LogP contribution in [0.3, 0.4) is 0 Å². The molecule has 0 heterocycles. The Morgan fingerprint density at radius 2 is 1.55 bits per heavy atom. The molecule has 0 aromatic heterocycles. The molecule has 1 nitrogen and oxygen atoms in total. The normalized spacial score (nSPS) is 12.1. The van der Waals surface area contributed by atoms with Gasteiger partial charge in [-0.15, -0.1) is 0 Å². The summed E-state index contributed by atoms with van der Waals surface area (Å²) in [6, 6.07) is 0. The molecule has 0 N–H and O–H groups in total. The molecule has 0 atom stereocenters. The van der Waals surface area contributed by atoms with Crippen LogP contribution in [0, 0.1) is 5.92 Å². The lowest BCUT2D eigenvalue weighted by Gasteiger charge is -2.11. The van der Waals surface area contributed by atoms with Crippen molar-refractivity contribution in [2.24, 2.45) is 10.9 Å². The molecule has 11 heavy (non-hydrogen) atoms. The number of hydrogen-bond acceptors (Lipinski definition) is 1. The largest absolute Gasteiger partial charge is 0.293 e. The molecule has 0 aliphatic rings. The first-order valence-electron chi connectivity index (χ1n) is 4.11. The average molecular weight is 153 g/mol. The molecule has 0 unspecified atom stereocenters. The summed E-state index contributed by atoms with van der Waals surface area (Å²) in [7, 11) is 1.86. The first kappa shape index (κ1) is 10.4. The first-order chi connectivity index (χ1) is 5.00. The van der Waals surface area contributed by atoms with Crippen LogP contribution in [0.4, 0.5) is 0 Å². The summed E-state index contributed by atoms with van der Waals surface area (Å²) in [6.07, 6.45) is 0. The molecule has 0 aliphatic carbocycles. The Bertz CT molecular complexity index is 181. The number of hydrogen-bond donors (Lipinski definition) is 0. The van der Waals surface area contributed by atoms with Crippen molar-refractivity contribution < 1.29 is 0 Å². The van der Waals surface area contributed by atoms with Crippen LogP contribution < -0.4 is 0 Å². The van der Waals surface area contributed by atoms with Gasteiger partial charge in [-0.05, 0) is 32.3 Å². The van der Waals surface area contributed by atoms with E-state index in [9.17, 15) is 0 Å². The molecule has 64 valence electrons. The van der Waals surface area contributed by atoms with Crippen molar-refractivity contribution in [1.82, 2.24) is 0 Å². The molecule has 0 bridgehead atoms. The zero-order chi connectivity index (χ0) is 9.02. The molecule has 1 heteroatoms. The molecule has 0 aromatic rings. The molecule has 0 aromatic carbocycles. The van der Waals surface area contributed by atoms with Gasteiger partial charge in [0.2, 0.25) is 0 Å². The molecule has 0 saturated heterocycles. The van der Waals surface area contributed by atoms with Crippen LogP contribution in [0.5, 0.6) is 0 Å². The zero-order valence-electron chi connectivity index (χ0n) is 8.52. The third-order valence-corrected chi connectivity index (χ3v) is 1.92. The monoisotopic (exact) mass is 153 g/mol. The Balaban J connectivity index is 4.70. The number of allylic oxidation sites excluding steroid dienone is 2. The van der Waals surface area contributed by atoms with Gasteiger partial charge in [0, 0.05) is 12.8 Å². The minimum atomic E-state index is 0.537. The fourth-order valence-corrected chi connectivity index (χ4v) is 1.12. The van der Waals surface area contributed by atoms with E-state index < -0.39 is 0 Å². The summed E-state index contributed by atoms with van der Waals surface area (Å²) in [5.74, 6) is 0.537. The maximum Gasteiger partial charge on any atom is 0.0398 e. The Morgan fingerprint density at radius 3 is 1.64 bits per heavy atom. The van der Waals surface area contributed by atoms with Gasteiger partial charge in [0.05, 0.1) is 0 Å². The Labute approximate surface area is 70.2 Å². The van der Waals surface area contributed by atoms with E-state index >= 15 is 0 Å². The van der Waals surface area contributed by atoms with Gasteiger partial charge in [-0.2, -0.15) is 0 Å². The lowest BCUT2D eigenvalue weighted by atomic mass is 9.98. The standard InChI is InChI=1S/C10H19N/c1-7(2)9(5)10(11-6)8(3)4/h8H,1-6H3. The summed E-state index contributed by atoms with van der Waals surface area (Å²) in [4.78, 5) is 4.27. The van der Waals surface area contributed by atoms with Crippen LogP contribution in [0.25, 0.3) is 0 Å². The molecular formula is C10H19N. The Kier molecular flexibility index (Phi) is 4.09. The minimum absolute atomic E-state index is 0.537. The van der Waals surface area contributed by atoms with Crippen molar-refractivity contribution in [3.8, 4) is 0 Å². The van der Waals surface area contributed by atoms with Gasteiger partial charge in [-0.25, -0.2) is 0 Å². The number of rotatable bonds is 2. The highest BCUT2D eigenvalue weighted by atomic mass is 14.7. The molecule has 0 rings (SSSR count). The molecule has 0 radical (unpaired) electrons. The second-order valence-corrected chi connectivity index (χ2v) is 3.39. The predicted octanol–water partition coefficient (Wildman–Crippen LogP) is 3.07. The van der Waals surface area contributed by atoms with Gasteiger partial charge in [0.25, 0.3) is 0 Å². The highest BCUT2D eigenvalue weighted by Crippen LogP contribution is 2.11. The van der Waals surface area contributed by atoms with Crippen molar-refractivity contribution in [3.63, 3.8) is 0 Å². The van der Waals surface area contributed by atoms with Gasteiger partial charge in [0.15, 0.2) is 0 Å². The van der Waals surface area contributed by atoms with Gasteiger partial charge in [0.1, 0.15) is 0 Å². The Hall–Kier alpha value is -0.590. The summed E-state index contributed by atoms with van der Waals surface area (Å²) in [5.41, 5.74) is 3.92. The molecule has 0 spiro atoms. The summed E-state index contributed by atoms with van der Waals surface area (Å²) < 4.78 is 0. The van der Waals surface area contributed by atoms with Crippen molar-refractivity contribution in [2.75, 3.05) is 7.05 Å². The highest BCUT2D eigenvalue weighted by Gasteiger charge is 2.06. The summed E-state index contributed by atoms with van der Waals surface area (Å²) in [6.45, 7) is 10.7. The molecule has 0 saturated carbocycles. The van der Waals surface area contributed by atoms with E-state index in [1.165, 1.54) is 16.9 Å². The van der Waals surface area contributed by atoms with Crippen LogP contribution in [0.1, 0.15) is 34.6 Å². The lowest BCUT2D eigenvalue weighted by Crippen LogP contribution is -2.09. The molecule has 0 aliphatic heterocycles. The van der Waals surface area contributed by atoms with Crippen LogP contribution in [-0.4, -0.2) is 12.8 Å². The lowest BCUT2D eigenvalue weighted by molar-refractivity contribution is 0.876. The third-order valence-electron chi connectivity index (χ3n) is 1.92. The highest BCUT2D eigenvalue weighted by molar-refractivity contribution is 6.01. The van der Waals surface area contributed by atoms with Crippen LogP contribution >= 0.6 is 0 Å². The van der Waals surface area contributed by atoms with Gasteiger partial charge < -0.3 is 0 Å². The zero-order valence-corrected chi connectivity index (χ0v) is 8.52. The van der Waals surface area contributed by atoms with Crippen LogP contribution in [0.2, 0.25) is 0 Å². The SMILES string of the molecule is CN=C(C(C)=C(C)C)C(C)C. The van der Waals surface area contributed by atoms with Crippen molar-refractivity contribution in [1.29, 1.82) is 0 Å². The van der Waals surface area contributed by atoms with Gasteiger partial charge >= 0.3 is 0 Å².